The lowest BCUT2D eigenvalue weighted by molar-refractivity contribution is 0.681. The van der Waals surface area contributed by atoms with Crippen LogP contribution in [0.2, 0.25) is 0 Å². The van der Waals surface area contributed by atoms with Crippen LogP contribution in [0.4, 0.5) is 5.69 Å². The molecule has 160 valence electrons. The van der Waals surface area contributed by atoms with Crippen molar-refractivity contribution in [1.29, 1.82) is 0 Å². The monoisotopic (exact) mass is 518 g/mol. The van der Waals surface area contributed by atoms with Gasteiger partial charge in [0.05, 0.1) is 17.1 Å². The molecule has 6 nitrogen and oxygen atoms in total. The lowest BCUT2D eigenvalue weighted by Crippen LogP contribution is -2.39. The molecule has 0 aliphatic carbocycles. The maximum absolute atomic E-state index is 4.63. The molecule has 1 aliphatic rings. The molecule has 2 heterocycles. The normalized spacial score (nSPS) is 15.1. The highest BCUT2D eigenvalue weighted by Crippen LogP contribution is 2.23. The number of hydrogen-bond acceptors (Lipinski definition) is 3. The van der Waals surface area contributed by atoms with Gasteiger partial charge < -0.3 is 20.5 Å². The second-order valence-electron chi connectivity index (χ2n) is 7.60. The van der Waals surface area contributed by atoms with Crippen LogP contribution in [0, 0.1) is 0 Å². The van der Waals surface area contributed by atoms with Crippen LogP contribution in [0.5, 0.6) is 0 Å². The molecule has 1 unspecified atom stereocenters. The van der Waals surface area contributed by atoms with Gasteiger partial charge in [-0.3, -0.25) is 4.99 Å². The predicted octanol–water partition coefficient (Wildman–Crippen LogP) is 4.25. The molecule has 1 fully saturated rings. The molecule has 0 radical (unpaired) electrons. The summed E-state index contributed by atoms with van der Waals surface area (Å²) in [7, 11) is 1.81. The van der Waals surface area contributed by atoms with E-state index in [0.717, 1.165) is 48.9 Å². The number of anilines is 1. The van der Waals surface area contributed by atoms with Gasteiger partial charge in [-0.1, -0.05) is 24.3 Å². The summed E-state index contributed by atoms with van der Waals surface area (Å²) in [6.45, 7) is 5.27. The molecule has 3 aromatic rings. The number of halogens is 1. The molecule has 0 amide bonds. The summed E-state index contributed by atoms with van der Waals surface area (Å²) in [5.74, 6) is 1.79. The van der Waals surface area contributed by atoms with Crippen LogP contribution >= 0.6 is 24.0 Å². The van der Waals surface area contributed by atoms with Crippen LogP contribution in [0.3, 0.4) is 0 Å². The van der Waals surface area contributed by atoms with Gasteiger partial charge in [0.15, 0.2) is 5.96 Å². The van der Waals surface area contributed by atoms with Crippen molar-refractivity contribution in [2.75, 3.05) is 31.6 Å². The van der Waals surface area contributed by atoms with E-state index in [9.17, 15) is 0 Å². The van der Waals surface area contributed by atoms with Gasteiger partial charge in [0.1, 0.15) is 5.82 Å². The van der Waals surface area contributed by atoms with Crippen LogP contribution in [-0.2, 0) is 6.42 Å². The Morgan fingerprint density at radius 1 is 1.17 bits per heavy atom. The van der Waals surface area contributed by atoms with E-state index in [-0.39, 0.29) is 30.0 Å². The lowest BCUT2D eigenvalue weighted by atomic mass is 10.1. The first kappa shape index (κ1) is 22.4. The Kier molecular flexibility index (Phi) is 7.95. The quantitative estimate of drug-likeness (QED) is 0.259. The van der Waals surface area contributed by atoms with Crippen LogP contribution in [0.1, 0.15) is 37.2 Å². The number of nitrogens with zero attached hydrogens (tertiary/aromatic N) is 3. The number of para-hydroxylation sites is 2. The predicted molar refractivity (Wildman–Crippen MR) is 136 cm³/mol. The first-order chi connectivity index (χ1) is 14.2. The van der Waals surface area contributed by atoms with Crippen LogP contribution in [0.25, 0.3) is 11.0 Å². The SMILES string of the molecule is CN=C(NCCc1nc2ccccc2[nH]1)NC(C)c1cccc(N2CCCC2)c1.I. The molecule has 1 aromatic heterocycles. The number of fused-ring (bicyclic) bond motifs is 1. The Labute approximate surface area is 195 Å². The van der Waals surface area contributed by atoms with Crippen molar-refractivity contribution in [2.24, 2.45) is 4.99 Å². The van der Waals surface area contributed by atoms with Crippen LogP contribution < -0.4 is 15.5 Å². The zero-order chi connectivity index (χ0) is 20.1. The molecule has 0 bridgehead atoms. The van der Waals surface area contributed by atoms with E-state index in [2.05, 4.69) is 67.7 Å². The number of H-pyrrole nitrogens is 1. The lowest BCUT2D eigenvalue weighted by Gasteiger charge is -2.22. The van der Waals surface area contributed by atoms with E-state index in [1.165, 1.54) is 24.1 Å². The van der Waals surface area contributed by atoms with Gasteiger partial charge in [0.25, 0.3) is 0 Å². The van der Waals surface area contributed by atoms with Crippen molar-refractivity contribution >= 4 is 46.7 Å². The number of aromatic amines is 1. The number of benzene rings is 2. The van der Waals surface area contributed by atoms with Crippen LogP contribution in [-0.4, -0.2) is 42.6 Å². The third-order valence-corrected chi connectivity index (χ3v) is 5.51. The summed E-state index contributed by atoms with van der Waals surface area (Å²) in [6, 6.07) is 17.1. The Morgan fingerprint density at radius 2 is 1.97 bits per heavy atom. The second kappa shape index (κ2) is 10.7. The van der Waals surface area contributed by atoms with Crippen LogP contribution in [0.15, 0.2) is 53.5 Å². The molecular weight excluding hydrogens is 487 g/mol. The number of rotatable bonds is 6. The molecule has 1 saturated heterocycles. The van der Waals surface area contributed by atoms with Gasteiger partial charge in [-0.25, -0.2) is 4.98 Å². The summed E-state index contributed by atoms with van der Waals surface area (Å²) in [6.07, 6.45) is 3.40. The standard InChI is InChI=1S/C23H30N6.HI/c1-17(18-8-7-9-19(16-18)29-14-5-6-15-29)26-23(24-2)25-13-12-22-27-20-10-3-4-11-21(20)28-22;/h3-4,7-11,16-17H,5-6,12-15H2,1-2H3,(H,27,28)(H2,24,25,26);1H. The van der Waals surface area contributed by atoms with Crippen molar-refractivity contribution in [3.8, 4) is 0 Å². The minimum Gasteiger partial charge on any atom is -0.372 e. The first-order valence-electron chi connectivity index (χ1n) is 10.5. The number of aliphatic imine (C=N–C) groups is 1. The third kappa shape index (κ3) is 5.44. The van der Waals surface area contributed by atoms with E-state index in [1.54, 1.807) is 0 Å². The topological polar surface area (TPSA) is 68.3 Å². The molecule has 1 aliphatic heterocycles. The fraction of sp³-hybridized carbons (Fsp3) is 0.391. The van der Waals surface area contributed by atoms with Gasteiger partial charge in [0.2, 0.25) is 0 Å². The zero-order valence-corrected chi connectivity index (χ0v) is 20.0. The van der Waals surface area contributed by atoms with Crippen molar-refractivity contribution in [3.05, 3.63) is 59.9 Å². The number of nitrogens with one attached hydrogen (secondary N) is 3. The highest BCUT2D eigenvalue weighted by molar-refractivity contribution is 14.0. The maximum atomic E-state index is 4.63. The summed E-state index contributed by atoms with van der Waals surface area (Å²) < 4.78 is 0. The van der Waals surface area contributed by atoms with Crippen molar-refractivity contribution in [3.63, 3.8) is 0 Å². The van der Waals surface area contributed by atoms with E-state index >= 15 is 0 Å². The Morgan fingerprint density at radius 3 is 2.73 bits per heavy atom. The molecule has 0 spiro atoms. The summed E-state index contributed by atoms with van der Waals surface area (Å²) in [5, 5.41) is 6.90. The number of hydrogen-bond donors (Lipinski definition) is 3. The van der Waals surface area contributed by atoms with E-state index < -0.39 is 0 Å². The van der Waals surface area contributed by atoms with Gasteiger partial charge in [-0.05, 0) is 49.6 Å². The van der Waals surface area contributed by atoms with Crippen molar-refractivity contribution < 1.29 is 0 Å². The summed E-state index contributed by atoms with van der Waals surface area (Å²) in [5.41, 5.74) is 4.68. The van der Waals surface area contributed by atoms with Gasteiger partial charge >= 0.3 is 0 Å². The molecule has 0 saturated carbocycles. The largest absolute Gasteiger partial charge is 0.372 e. The smallest absolute Gasteiger partial charge is 0.191 e. The average Bonchev–Trinajstić information content (AvgIpc) is 3.42. The van der Waals surface area contributed by atoms with E-state index in [0.29, 0.717) is 0 Å². The average molecular weight is 518 g/mol. The molecule has 4 rings (SSSR count). The highest BCUT2D eigenvalue weighted by Gasteiger charge is 2.14. The molecular formula is C23H31IN6. The second-order valence-corrected chi connectivity index (χ2v) is 7.60. The van der Waals surface area contributed by atoms with Crippen molar-refractivity contribution in [1.82, 2.24) is 20.6 Å². The summed E-state index contributed by atoms with van der Waals surface area (Å²) >= 11 is 0. The zero-order valence-electron chi connectivity index (χ0n) is 17.7. The molecule has 3 N–H and O–H groups in total. The number of aromatic nitrogens is 2. The first-order valence-corrected chi connectivity index (χ1v) is 10.5. The molecule has 7 heteroatoms. The fourth-order valence-electron chi connectivity index (χ4n) is 3.87. The highest BCUT2D eigenvalue weighted by atomic mass is 127. The van der Waals surface area contributed by atoms with Crippen molar-refractivity contribution in [2.45, 2.75) is 32.2 Å². The number of imidazole rings is 1. The minimum absolute atomic E-state index is 0. The maximum Gasteiger partial charge on any atom is 0.191 e. The Hall–Kier alpha value is -2.29. The van der Waals surface area contributed by atoms with E-state index in [4.69, 9.17) is 0 Å². The molecule has 1 atom stereocenters. The molecule has 2 aromatic carbocycles. The Balaban J connectivity index is 0.00000256. The third-order valence-electron chi connectivity index (χ3n) is 5.51. The minimum atomic E-state index is 0. The number of guanidine groups is 1. The van der Waals surface area contributed by atoms with E-state index in [1.807, 2.05) is 25.2 Å². The van der Waals surface area contributed by atoms with Gasteiger partial charge in [0, 0.05) is 38.8 Å². The fourth-order valence-corrected chi connectivity index (χ4v) is 3.87. The Bertz CT molecular complexity index is 943. The van der Waals surface area contributed by atoms with Gasteiger partial charge in [-0.2, -0.15) is 0 Å². The summed E-state index contributed by atoms with van der Waals surface area (Å²) in [4.78, 5) is 14.9. The molecule has 30 heavy (non-hydrogen) atoms. The van der Waals surface area contributed by atoms with Gasteiger partial charge in [-0.15, -0.1) is 24.0 Å².